The van der Waals surface area contributed by atoms with Gasteiger partial charge in [0.25, 0.3) is 0 Å². The van der Waals surface area contributed by atoms with Crippen LogP contribution in [0.1, 0.15) is 21.3 Å². The molecule has 0 aliphatic rings. The van der Waals surface area contributed by atoms with Crippen LogP contribution in [0.5, 0.6) is 0 Å². The molecule has 0 aliphatic heterocycles. The van der Waals surface area contributed by atoms with Crippen molar-refractivity contribution < 1.29 is 0 Å². The molecular weight excluding hydrogens is 489 g/mol. The van der Waals surface area contributed by atoms with E-state index in [0.717, 1.165) is 45.9 Å². The molecule has 8 heteroatoms. The Balaban J connectivity index is 0.00000261. The van der Waals surface area contributed by atoms with Crippen LogP contribution >= 0.6 is 46.7 Å². The molecule has 0 saturated carbocycles. The molecule has 0 fully saturated rings. The lowest BCUT2D eigenvalue weighted by molar-refractivity contribution is 0.787. The summed E-state index contributed by atoms with van der Waals surface area (Å²) in [7, 11) is 1.79. The summed E-state index contributed by atoms with van der Waals surface area (Å²) in [4.78, 5) is 14.7. The first-order valence-electron chi connectivity index (χ1n) is 8.53. The number of halogens is 1. The molecule has 2 N–H and O–H groups in total. The standard InChI is InChI=1S/C19H23N5S2.HI/c1-13-17(26-18(23-13)15-7-5-4-6-8-15)11-22-19(20-3)21-10-9-16-12-25-14(2)24-16;/h4-8,12H,9-11H2,1-3H3,(H2,20,21,22);1H. The molecule has 2 heterocycles. The summed E-state index contributed by atoms with van der Waals surface area (Å²) in [5.74, 6) is 0.797. The van der Waals surface area contributed by atoms with E-state index in [2.05, 4.69) is 45.0 Å². The van der Waals surface area contributed by atoms with Gasteiger partial charge in [0.15, 0.2) is 5.96 Å². The number of thiazole rings is 2. The van der Waals surface area contributed by atoms with Crippen LogP contribution in [0.3, 0.4) is 0 Å². The van der Waals surface area contributed by atoms with Crippen molar-refractivity contribution in [3.63, 3.8) is 0 Å². The summed E-state index contributed by atoms with van der Waals surface area (Å²) in [5.41, 5.74) is 3.35. The third kappa shape index (κ3) is 6.25. The van der Waals surface area contributed by atoms with E-state index in [9.17, 15) is 0 Å². The van der Waals surface area contributed by atoms with E-state index in [1.54, 1.807) is 29.7 Å². The van der Waals surface area contributed by atoms with Crippen LogP contribution in [0.2, 0.25) is 0 Å². The monoisotopic (exact) mass is 513 g/mol. The highest BCUT2D eigenvalue weighted by Gasteiger charge is 2.10. The van der Waals surface area contributed by atoms with E-state index in [-0.39, 0.29) is 24.0 Å². The summed E-state index contributed by atoms with van der Waals surface area (Å²) in [5, 5.41) is 11.0. The number of hydrogen-bond donors (Lipinski definition) is 2. The molecule has 5 nitrogen and oxygen atoms in total. The lowest BCUT2D eigenvalue weighted by Crippen LogP contribution is -2.37. The first-order chi connectivity index (χ1) is 12.7. The summed E-state index contributed by atoms with van der Waals surface area (Å²) in [6, 6.07) is 10.3. The number of hydrogen-bond acceptors (Lipinski definition) is 5. The summed E-state index contributed by atoms with van der Waals surface area (Å²) < 4.78 is 0. The van der Waals surface area contributed by atoms with Crippen LogP contribution in [0.25, 0.3) is 10.6 Å². The topological polar surface area (TPSA) is 62.2 Å². The molecule has 0 bridgehead atoms. The third-order valence-corrected chi connectivity index (χ3v) is 5.92. The predicted octanol–water partition coefficient (Wildman–Crippen LogP) is 4.41. The van der Waals surface area contributed by atoms with Gasteiger partial charge in [-0.25, -0.2) is 9.97 Å². The number of nitrogens with one attached hydrogen (secondary N) is 2. The zero-order valence-electron chi connectivity index (χ0n) is 15.7. The van der Waals surface area contributed by atoms with Crippen LogP contribution in [-0.4, -0.2) is 29.5 Å². The molecule has 0 radical (unpaired) electrons. The van der Waals surface area contributed by atoms with Crippen molar-refractivity contribution in [3.8, 4) is 10.6 Å². The third-order valence-electron chi connectivity index (χ3n) is 3.89. The van der Waals surface area contributed by atoms with Crippen LogP contribution in [0.4, 0.5) is 0 Å². The van der Waals surface area contributed by atoms with E-state index in [0.29, 0.717) is 6.54 Å². The first-order valence-corrected chi connectivity index (χ1v) is 10.2. The second-order valence-electron chi connectivity index (χ2n) is 5.85. The fraction of sp³-hybridized carbons (Fsp3) is 0.316. The van der Waals surface area contributed by atoms with Crippen molar-refractivity contribution in [2.75, 3.05) is 13.6 Å². The Morgan fingerprint density at radius 3 is 2.56 bits per heavy atom. The van der Waals surface area contributed by atoms with Gasteiger partial charge in [0.05, 0.1) is 22.9 Å². The second-order valence-corrected chi connectivity index (χ2v) is 8.00. The van der Waals surface area contributed by atoms with Crippen LogP contribution < -0.4 is 10.6 Å². The maximum absolute atomic E-state index is 4.70. The minimum atomic E-state index is 0. The number of rotatable bonds is 6. The Hall–Kier alpha value is -1.52. The smallest absolute Gasteiger partial charge is 0.191 e. The van der Waals surface area contributed by atoms with E-state index in [1.807, 2.05) is 25.1 Å². The van der Waals surface area contributed by atoms with Gasteiger partial charge in [-0.3, -0.25) is 4.99 Å². The molecule has 0 saturated heterocycles. The van der Waals surface area contributed by atoms with Gasteiger partial charge in [-0.05, 0) is 13.8 Å². The lowest BCUT2D eigenvalue weighted by Gasteiger charge is -2.10. The molecule has 0 spiro atoms. The van der Waals surface area contributed by atoms with Crippen molar-refractivity contribution >= 4 is 52.6 Å². The van der Waals surface area contributed by atoms with Gasteiger partial charge < -0.3 is 10.6 Å². The Morgan fingerprint density at radius 2 is 1.89 bits per heavy atom. The molecule has 2 aromatic heterocycles. The molecule has 144 valence electrons. The van der Waals surface area contributed by atoms with E-state index in [1.165, 1.54) is 4.88 Å². The molecule has 0 atom stereocenters. The molecule has 0 aliphatic carbocycles. The fourth-order valence-corrected chi connectivity index (χ4v) is 4.17. The molecule has 1 aromatic carbocycles. The summed E-state index contributed by atoms with van der Waals surface area (Å²) >= 11 is 3.41. The quantitative estimate of drug-likeness (QED) is 0.291. The van der Waals surface area contributed by atoms with Gasteiger partial charge >= 0.3 is 0 Å². The van der Waals surface area contributed by atoms with E-state index < -0.39 is 0 Å². The van der Waals surface area contributed by atoms with Gasteiger partial charge in [-0.15, -0.1) is 46.7 Å². The number of benzene rings is 1. The SMILES string of the molecule is CN=C(NCCc1csc(C)n1)NCc1sc(-c2ccccc2)nc1C.I. The largest absolute Gasteiger partial charge is 0.356 e. The zero-order chi connectivity index (χ0) is 18.4. The van der Waals surface area contributed by atoms with E-state index >= 15 is 0 Å². The molecule has 0 amide bonds. The average molecular weight is 513 g/mol. The summed E-state index contributed by atoms with van der Waals surface area (Å²) in [6.45, 7) is 5.61. The van der Waals surface area contributed by atoms with Crippen molar-refractivity contribution in [2.45, 2.75) is 26.8 Å². The Morgan fingerprint density at radius 1 is 1.11 bits per heavy atom. The Kier molecular flexibility index (Phi) is 8.65. The van der Waals surface area contributed by atoms with Crippen molar-refractivity contribution in [2.24, 2.45) is 4.99 Å². The number of aliphatic imine (C=N–C) groups is 1. The number of aromatic nitrogens is 2. The fourth-order valence-electron chi connectivity index (χ4n) is 2.51. The highest BCUT2D eigenvalue weighted by atomic mass is 127. The first kappa shape index (κ1) is 21.8. The zero-order valence-corrected chi connectivity index (χ0v) is 19.6. The van der Waals surface area contributed by atoms with Crippen LogP contribution in [0.15, 0.2) is 40.7 Å². The average Bonchev–Trinajstić information content (AvgIpc) is 3.24. The molecule has 0 unspecified atom stereocenters. The maximum atomic E-state index is 4.70. The summed E-state index contributed by atoms with van der Waals surface area (Å²) in [6.07, 6.45) is 0.892. The molecule has 3 rings (SSSR count). The van der Waals surface area contributed by atoms with Crippen molar-refractivity contribution in [3.05, 3.63) is 57.0 Å². The normalized spacial score (nSPS) is 11.1. The second kappa shape index (κ2) is 10.7. The predicted molar refractivity (Wildman–Crippen MR) is 126 cm³/mol. The minimum absolute atomic E-state index is 0. The van der Waals surface area contributed by atoms with Gasteiger partial charge in [0, 0.05) is 35.8 Å². The molecular formula is C19H24IN5S2. The van der Waals surface area contributed by atoms with E-state index in [4.69, 9.17) is 4.98 Å². The van der Waals surface area contributed by atoms with Gasteiger partial charge in [-0.2, -0.15) is 0 Å². The van der Waals surface area contributed by atoms with Crippen LogP contribution in [-0.2, 0) is 13.0 Å². The highest BCUT2D eigenvalue weighted by Crippen LogP contribution is 2.27. The Bertz CT molecular complexity index is 873. The van der Waals surface area contributed by atoms with Gasteiger partial charge in [-0.1, -0.05) is 30.3 Å². The van der Waals surface area contributed by atoms with Crippen molar-refractivity contribution in [1.82, 2.24) is 20.6 Å². The number of nitrogens with zero attached hydrogens (tertiary/aromatic N) is 3. The molecule has 3 aromatic rings. The number of aryl methyl sites for hydroxylation is 2. The van der Waals surface area contributed by atoms with Gasteiger partial charge in [0.2, 0.25) is 0 Å². The highest BCUT2D eigenvalue weighted by molar-refractivity contribution is 14.0. The maximum Gasteiger partial charge on any atom is 0.191 e. The lowest BCUT2D eigenvalue weighted by atomic mass is 10.2. The van der Waals surface area contributed by atoms with Gasteiger partial charge in [0.1, 0.15) is 5.01 Å². The minimum Gasteiger partial charge on any atom is -0.356 e. The van der Waals surface area contributed by atoms with Crippen molar-refractivity contribution in [1.29, 1.82) is 0 Å². The molecule has 27 heavy (non-hydrogen) atoms. The number of guanidine groups is 1. The Labute approximate surface area is 185 Å². The van der Waals surface area contributed by atoms with Crippen LogP contribution in [0, 0.1) is 13.8 Å².